The molecule has 20 heavy (non-hydrogen) atoms. The first-order chi connectivity index (χ1) is 9.74. The van der Waals surface area contributed by atoms with Crippen molar-refractivity contribution in [3.63, 3.8) is 0 Å². The molecule has 1 heterocycles. The van der Waals surface area contributed by atoms with E-state index >= 15 is 0 Å². The van der Waals surface area contributed by atoms with E-state index in [1.807, 2.05) is 0 Å². The summed E-state index contributed by atoms with van der Waals surface area (Å²) in [6, 6.07) is 16.1. The van der Waals surface area contributed by atoms with E-state index in [-0.39, 0.29) is 0 Å². The van der Waals surface area contributed by atoms with E-state index in [1.165, 1.54) is 22.8 Å². The molecule has 1 aliphatic heterocycles. The van der Waals surface area contributed by atoms with Crippen LogP contribution in [0.25, 0.3) is 10.8 Å². The smallest absolute Gasteiger partial charge is 0.0509 e. The van der Waals surface area contributed by atoms with Crippen LogP contribution in [0.15, 0.2) is 42.5 Å². The summed E-state index contributed by atoms with van der Waals surface area (Å²) in [5.41, 5.74) is 1.36. The topological polar surface area (TPSA) is 21.3 Å². The van der Waals surface area contributed by atoms with Gasteiger partial charge in [-0.3, -0.25) is 0 Å². The van der Waals surface area contributed by atoms with Gasteiger partial charge >= 0.3 is 0 Å². The zero-order chi connectivity index (χ0) is 13.9. The van der Waals surface area contributed by atoms with Crippen LogP contribution in [-0.2, 0) is 4.74 Å². The number of rotatable bonds is 4. The number of benzene rings is 2. The first-order valence-corrected chi connectivity index (χ1v) is 7.56. The fourth-order valence-corrected chi connectivity index (χ4v) is 3.05. The third kappa shape index (κ3) is 2.87. The Morgan fingerprint density at radius 3 is 2.65 bits per heavy atom. The first-order valence-electron chi connectivity index (χ1n) is 7.56. The van der Waals surface area contributed by atoms with Gasteiger partial charge < -0.3 is 10.1 Å². The Morgan fingerprint density at radius 2 is 1.90 bits per heavy atom. The van der Waals surface area contributed by atoms with Gasteiger partial charge in [-0.1, -0.05) is 36.4 Å². The summed E-state index contributed by atoms with van der Waals surface area (Å²) in [7, 11) is 0. The van der Waals surface area contributed by atoms with E-state index in [0.29, 0.717) is 18.0 Å². The molecule has 3 atom stereocenters. The first kappa shape index (κ1) is 13.6. The molecule has 1 saturated heterocycles. The van der Waals surface area contributed by atoms with Crippen molar-refractivity contribution >= 4 is 10.8 Å². The Labute approximate surface area is 121 Å². The molecule has 2 heteroatoms. The number of nitrogens with one attached hydrogen (secondary N) is 1. The molecule has 0 aromatic heterocycles. The van der Waals surface area contributed by atoms with E-state index in [4.69, 9.17) is 4.74 Å². The average Bonchev–Trinajstić information content (AvgIpc) is 3.01. The molecule has 106 valence electrons. The fraction of sp³-hybridized carbons (Fsp3) is 0.444. The van der Waals surface area contributed by atoms with Crippen molar-refractivity contribution in [1.29, 1.82) is 0 Å². The Hall–Kier alpha value is -1.38. The van der Waals surface area contributed by atoms with Crippen LogP contribution < -0.4 is 5.32 Å². The molecule has 0 aliphatic carbocycles. The van der Waals surface area contributed by atoms with Gasteiger partial charge in [0, 0.05) is 18.7 Å². The van der Waals surface area contributed by atoms with Gasteiger partial charge in [0.05, 0.1) is 6.61 Å². The predicted octanol–water partition coefficient (Wildman–Crippen LogP) is 3.92. The number of hydrogen-bond donors (Lipinski definition) is 1. The number of ether oxygens (including phenoxy) is 1. The summed E-state index contributed by atoms with van der Waals surface area (Å²) in [5, 5.41) is 6.34. The average molecular weight is 269 g/mol. The summed E-state index contributed by atoms with van der Waals surface area (Å²) in [4.78, 5) is 0. The lowest BCUT2D eigenvalue weighted by molar-refractivity contribution is 0.177. The lowest BCUT2D eigenvalue weighted by Gasteiger charge is -2.24. The molecule has 0 radical (unpaired) electrons. The van der Waals surface area contributed by atoms with Crippen LogP contribution in [0.2, 0.25) is 0 Å². The summed E-state index contributed by atoms with van der Waals surface area (Å²) >= 11 is 0. The zero-order valence-corrected chi connectivity index (χ0v) is 12.3. The van der Waals surface area contributed by atoms with Crippen molar-refractivity contribution < 1.29 is 4.74 Å². The predicted molar refractivity (Wildman–Crippen MR) is 83.9 cm³/mol. The van der Waals surface area contributed by atoms with Gasteiger partial charge in [-0.15, -0.1) is 0 Å². The summed E-state index contributed by atoms with van der Waals surface area (Å²) in [6.07, 6.45) is 1.18. The molecular weight excluding hydrogens is 246 g/mol. The van der Waals surface area contributed by atoms with E-state index < -0.39 is 0 Å². The van der Waals surface area contributed by atoms with Crippen LogP contribution in [0.4, 0.5) is 0 Å². The molecule has 0 spiro atoms. The van der Waals surface area contributed by atoms with Gasteiger partial charge in [-0.05, 0) is 48.6 Å². The molecule has 2 nitrogen and oxygen atoms in total. The highest BCUT2D eigenvalue weighted by Gasteiger charge is 2.23. The molecule has 1 aliphatic rings. The SMILES string of the molecule is CC(NC(C)C1CCOC1)c1ccc2ccccc2c1. The third-order valence-corrected chi connectivity index (χ3v) is 4.46. The highest BCUT2D eigenvalue weighted by atomic mass is 16.5. The van der Waals surface area contributed by atoms with Crippen LogP contribution >= 0.6 is 0 Å². The molecule has 1 N–H and O–H groups in total. The second kappa shape index (κ2) is 5.94. The van der Waals surface area contributed by atoms with Gasteiger partial charge in [0.25, 0.3) is 0 Å². The highest BCUT2D eigenvalue weighted by molar-refractivity contribution is 5.83. The van der Waals surface area contributed by atoms with Crippen molar-refractivity contribution in [2.45, 2.75) is 32.4 Å². The van der Waals surface area contributed by atoms with Gasteiger partial charge in [-0.25, -0.2) is 0 Å². The molecule has 0 bridgehead atoms. The van der Waals surface area contributed by atoms with Crippen molar-refractivity contribution in [3.8, 4) is 0 Å². The van der Waals surface area contributed by atoms with Crippen LogP contribution in [0.3, 0.4) is 0 Å². The lowest BCUT2D eigenvalue weighted by atomic mass is 9.97. The minimum Gasteiger partial charge on any atom is -0.381 e. The zero-order valence-electron chi connectivity index (χ0n) is 12.3. The van der Waals surface area contributed by atoms with Gasteiger partial charge in [0.1, 0.15) is 0 Å². The Kier molecular flexibility index (Phi) is 4.04. The van der Waals surface area contributed by atoms with Gasteiger partial charge in [0.15, 0.2) is 0 Å². The maximum Gasteiger partial charge on any atom is 0.0509 e. The maximum absolute atomic E-state index is 5.48. The largest absolute Gasteiger partial charge is 0.381 e. The second-order valence-corrected chi connectivity index (χ2v) is 5.91. The monoisotopic (exact) mass is 269 g/mol. The van der Waals surface area contributed by atoms with Crippen LogP contribution in [-0.4, -0.2) is 19.3 Å². The fourth-order valence-electron chi connectivity index (χ4n) is 3.05. The van der Waals surface area contributed by atoms with Crippen molar-refractivity contribution in [1.82, 2.24) is 5.32 Å². The van der Waals surface area contributed by atoms with Crippen molar-refractivity contribution in [2.24, 2.45) is 5.92 Å². The van der Waals surface area contributed by atoms with Crippen LogP contribution in [0, 0.1) is 5.92 Å². The molecule has 1 fully saturated rings. The standard InChI is InChI=1S/C18H23NO/c1-13(19-14(2)18-9-10-20-12-18)16-8-7-15-5-3-4-6-17(15)11-16/h3-8,11,13-14,18-19H,9-10,12H2,1-2H3. The third-order valence-electron chi connectivity index (χ3n) is 4.46. The highest BCUT2D eigenvalue weighted by Crippen LogP contribution is 2.23. The summed E-state index contributed by atoms with van der Waals surface area (Å²) in [6.45, 7) is 6.34. The Morgan fingerprint density at radius 1 is 1.10 bits per heavy atom. The van der Waals surface area contributed by atoms with Crippen LogP contribution in [0.1, 0.15) is 31.9 Å². The lowest BCUT2D eigenvalue weighted by Crippen LogP contribution is -2.35. The minimum absolute atomic E-state index is 0.371. The molecule has 3 rings (SSSR count). The molecule has 2 aromatic carbocycles. The molecular formula is C18H23NO. The van der Waals surface area contributed by atoms with Gasteiger partial charge in [0.2, 0.25) is 0 Å². The Bertz CT molecular complexity index is 574. The van der Waals surface area contributed by atoms with Crippen molar-refractivity contribution in [2.75, 3.05) is 13.2 Å². The van der Waals surface area contributed by atoms with E-state index in [9.17, 15) is 0 Å². The second-order valence-electron chi connectivity index (χ2n) is 5.91. The van der Waals surface area contributed by atoms with Crippen LogP contribution in [0.5, 0.6) is 0 Å². The summed E-state index contributed by atoms with van der Waals surface area (Å²) < 4.78 is 5.48. The molecule has 0 amide bonds. The van der Waals surface area contributed by atoms with Crippen molar-refractivity contribution in [3.05, 3.63) is 48.0 Å². The maximum atomic E-state index is 5.48. The molecule has 2 aromatic rings. The van der Waals surface area contributed by atoms with E-state index in [1.54, 1.807) is 0 Å². The Balaban J connectivity index is 1.72. The van der Waals surface area contributed by atoms with Gasteiger partial charge in [-0.2, -0.15) is 0 Å². The quantitative estimate of drug-likeness (QED) is 0.908. The number of fused-ring (bicyclic) bond motifs is 1. The van der Waals surface area contributed by atoms with E-state index in [0.717, 1.165) is 13.2 Å². The molecule has 0 saturated carbocycles. The summed E-state index contributed by atoms with van der Waals surface area (Å²) in [5.74, 6) is 0.651. The van der Waals surface area contributed by atoms with E-state index in [2.05, 4.69) is 61.6 Å². The minimum atomic E-state index is 0.371. The molecule has 3 unspecified atom stereocenters. The normalized spacial score (nSPS) is 22.0. The number of hydrogen-bond acceptors (Lipinski definition) is 2.